The quantitative estimate of drug-likeness (QED) is 0.613. The van der Waals surface area contributed by atoms with E-state index in [-0.39, 0.29) is 12.4 Å². The third-order valence-electron chi connectivity index (χ3n) is 3.55. The first-order valence-electron chi connectivity index (χ1n) is 7.03. The molecule has 2 rings (SSSR count). The summed E-state index contributed by atoms with van der Waals surface area (Å²) in [5, 5.41) is 0.332. The molecule has 0 aliphatic rings. The molecule has 0 N–H and O–H groups in total. The predicted molar refractivity (Wildman–Crippen MR) is 88.5 cm³/mol. The summed E-state index contributed by atoms with van der Waals surface area (Å²) in [5.74, 6) is -0.372. The predicted octanol–water partition coefficient (Wildman–Crippen LogP) is 4.01. The lowest BCUT2D eigenvalue weighted by Crippen LogP contribution is -2.14. The molecule has 0 heterocycles. The lowest BCUT2D eigenvalue weighted by molar-refractivity contribution is 0.0474. The van der Waals surface area contributed by atoms with Crippen LogP contribution < -0.4 is 4.74 Å². The lowest BCUT2D eigenvalue weighted by atomic mass is 10.1. The topological polar surface area (TPSA) is 52.6 Å². The average molecular weight is 333 g/mol. The molecule has 0 aliphatic carbocycles. The fourth-order valence-corrected chi connectivity index (χ4v) is 2.26. The largest absolute Gasteiger partial charge is 0.495 e. The number of carbonyl (C=O) groups is 2. The zero-order valence-electron chi connectivity index (χ0n) is 13.2. The maximum absolute atomic E-state index is 12.1. The van der Waals surface area contributed by atoms with Gasteiger partial charge in [-0.25, -0.2) is 4.79 Å². The van der Waals surface area contributed by atoms with Crippen LogP contribution in [0.1, 0.15) is 31.8 Å². The summed E-state index contributed by atoms with van der Waals surface area (Å²) in [6.07, 6.45) is 0. The molecule has 120 valence electrons. The first-order valence-corrected chi connectivity index (χ1v) is 7.41. The number of halogens is 1. The van der Waals surface area contributed by atoms with Crippen LogP contribution in [0.5, 0.6) is 5.75 Å². The SMILES string of the molecule is COc1ccc(C(=O)COC(=O)c2ccc(C)c(C)c2)cc1Cl. The van der Waals surface area contributed by atoms with E-state index in [1.54, 1.807) is 24.3 Å². The Kier molecular flexibility index (Phi) is 5.40. The highest BCUT2D eigenvalue weighted by Crippen LogP contribution is 2.25. The number of aryl methyl sites for hydroxylation is 2. The molecule has 2 aromatic carbocycles. The second kappa shape index (κ2) is 7.29. The molecular formula is C18H17ClO4. The standard InChI is InChI=1S/C18H17ClO4/c1-11-4-5-14(8-12(11)2)18(21)23-10-16(20)13-6-7-17(22-3)15(19)9-13/h4-9H,10H2,1-3H3. The molecule has 0 bridgehead atoms. The number of esters is 1. The van der Waals surface area contributed by atoms with Crippen molar-refractivity contribution in [3.8, 4) is 5.75 Å². The highest BCUT2D eigenvalue weighted by atomic mass is 35.5. The molecule has 5 heteroatoms. The molecule has 0 spiro atoms. The summed E-state index contributed by atoms with van der Waals surface area (Å²) in [6, 6.07) is 9.94. The lowest BCUT2D eigenvalue weighted by Gasteiger charge is -2.08. The van der Waals surface area contributed by atoms with Crippen molar-refractivity contribution in [1.29, 1.82) is 0 Å². The Labute approximate surface area is 140 Å². The first kappa shape index (κ1) is 17.0. The number of carbonyl (C=O) groups excluding carboxylic acids is 2. The average Bonchev–Trinajstić information content (AvgIpc) is 2.54. The van der Waals surface area contributed by atoms with E-state index in [0.717, 1.165) is 11.1 Å². The number of ether oxygens (including phenoxy) is 2. The Bertz CT molecular complexity index is 753. The third kappa shape index (κ3) is 4.11. The minimum absolute atomic E-state index is 0.327. The fourth-order valence-electron chi connectivity index (χ4n) is 2.01. The Balaban J connectivity index is 2.02. The summed E-state index contributed by atoms with van der Waals surface area (Å²) >= 11 is 5.98. The number of rotatable bonds is 5. The summed E-state index contributed by atoms with van der Waals surface area (Å²) in [4.78, 5) is 24.1. The smallest absolute Gasteiger partial charge is 0.338 e. The zero-order valence-corrected chi connectivity index (χ0v) is 13.9. The minimum atomic E-state index is -0.527. The van der Waals surface area contributed by atoms with Crippen LogP contribution >= 0.6 is 11.6 Å². The van der Waals surface area contributed by atoms with Gasteiger partial charge in [0.2, 0.25) is 0 Å². The van der Waals surface area contributed by atoms with Gasteiger partial charge in [-0.2, -0.15) is 0 Å². The van der Waals surface area contributed by atoms with Crippen molar-refractivity contribution >= 4 is 23.4 Å². The second-order valence-electron chi connectivity index (χ2n) is 5.15. The van der Waals surface area contributed by atoms with Crippen LogP contribution in [0.3, 0.4) is 0 Å². The number of methoxy groups -OCH3 is 1. The van der Waals surface area contributed by atoms with Gasteiger partial charge in [0.1, 0.15) is 5.75 Å². The van der Waals surface area contributed by atoms with E-state index in [1.165, 1.54) is 13.2 Å². The summed E-state index contributed by atoms with van der Waals surface area (Å²) in [6.45, 7) is 3.53. The van der Waals surface area contributed by atoms with Crippen molar-refractivity contribution in [2.45, 2.75) is 13.8 Å². The van der Waals surface area contributed by atoms with E-state index in [0.29, 0.717) is 21.9 Å². The maximum Gasteiger partial charge on any atom is 0.338 e. The highest BCUT2D eigenvalue weighted by molar-refractivity contribution is 6.32. The van der Waals surface area contributed by atoms with Crippen molar-refractivity contribution in [2.24, 2.45) is 0 Å². The minimum Gasteiger partial charge on any atom is -0.495 e. The van der Waals surface area contributed by atoms with Gasteiger partial charge < -0.3 is 9.47 Å². The Hall–Kier alpha value is -2.33. The van der Waals surface area contributed by atoms with Crippen LogP contribution in [0, 0.1) is 13.8 Å². The van der Waals surface area contributed by atoms with Gasteiger partial charge in [-0.05, 0) is 55.3 Å². The number of Topliss-reactive ketones (excluding diaryl/α,β-unsaturated/α-hetero) is 1. The fraction of sp³-hybridized carbons (Fsp3) is 0.222. The summed E-state index contributed by atoms with van der Waals surface area (Å²) in [7, 11) is 1.49. The molecular weight excluding hydrogens is 316 g/mol. The van der Waals surface area contributed by atoms with Crippen molar-refractivity contribution in [3.05, 3.63) is 63.7 Å². The molecule has 0 aromatic heterocycles. The van der Waals surface area contributed by atoms with Crippen LogP contribution in [0.15, 0.2) is 36.4 Å². The Morgan fingerprint density at radius 2 is 1.70 bits per heavy atom. The van der Waals surface area contributed by atoms with Gasteiger partial charge in [0, 0.05) is 5.56 Å². The van der Waals surface area contributed by atoms with Crippen molar-refractivity contribution < 1.29 is 19.1 Å². The van der Waals surface area contributed by atoms with Crippen LogP contribution in [0.2, 0.25) is 5.02 Å². The van der Waals surface area contributed by atoms with Gasteiger partial charge in [-0.3, -0.25) is 4.79 Å². The van der Waals surface area contributed by atoms with Gasteiger partial charge in [0.25, 0.3) is 0 Å². The van der Waals surface area contributed by atoms with Crippen LogP contribution in [0.4, 0.5) is 0 Å². The molecule has 0 unspecified atom stereocenters. The van der Waals surface area contributed by atoms with E-state index >= 15 is 0 Å². The first-order chi connectivity index (χ1) is 10.9. The molecule has 23 heavy (non-hydrogen) atoms. The van der Waals surface area contributed by atoms with E-state index in [1.807, 2.05) is 19.9 Å². The third-order valence-corrected chi connectivity index (χ3v) is 3.85. The molecule has 0 aliphatic heterocycles. The van der Waals surface area contributed by atoms with Gasteiger partial charge in [0.15, 0.2) is 12.4 Å². The van der Waals surface area contributed by atoms with Crippen LogP contribution in [-0.4, -0.2) is 25.5 Å². The molecule has 0 amide bonds. The Morgan fingerprint density at radius 3 is 2.30 bits per heavy atom. The Morgan fingerprint density at radius 1 is 1.00 bits per heavy atom. The van der Waals surface area contributed by atoms with Gasteiger partial charge in [-0.15, -0.1) is 0 Å². The number of benzene rings is 2. The number of hydrogen-bond acceptors (Lipinski definition) is 4. The van der Waals surface area contributed by atoms with E-state index in [4.69, 9.17) is 21.1 Å². The summed E-state index contributed by atoms with van der Waals surface area (Å²) in [5.41, 5.74) is 2.87. The second-order valence-corrected chi connectivity index (χ2v) is 5.55. The van der Waals surface area contributed by atoms with Gasteiger partial charge in [-0.1, -0.05) is 17.7 Å². The van der Waals surface area contributed by atoms with E-state index < -0.39 is 5.97 Å². The van der Waals surface area contributed by atoms with Crippen molar-refractivity contribution in [3.63, 3.8) is 0 Å². The van der Waals surface area contributed by atoms with Crippen molar-refractivity contribution in [1.82, 2.24) is 0 Å². The molecule has 0 saturated heterocycles. The highest BCUT2D eigenvalue weighted by Gasteiger charge is 2.14. The normalized spacial score (nSPS) is 10.3. The van der Waals surface area contributed by atoms with Gasteiger partial charge in [0.05, 0.1) is 17.7 Å². The maximum atomic E-state index is 12.1. The molecule has 2 aromatic rings. The van der Waals surface area contributed by atoms with Crippen LogP contribution in [0.25, 0.3) is 0 Å². The van der Waals surface area contributed by atoms with Gasteiger partial charge >= 0.3 is 5.97 Å². The van der Waals surface area contributed by atoms with Crippen molar-refractivity contribution in [2.75, 3.05) is 13.7 Å². The zero-order chi connectivity index (χ0) is 17.0. The van der Waals surface area contributed by atoms with Crippen LogP contribution in [-0.2, 0) is 4.74 Å². The van der Waals surface area contributed by atoms with E-state index in [9.17, 15) is 9.59 Å². The molecule has 4 nitrogen and oxygen atoms in total. The molecule has 0 atom stereocenters. The number of hydrogen-bond donors (Lipinski definition) is 0. The summed E-state index contributed by atoms with van der Waals surface area (Å²) < 4.78 is 10.1. The molecule has 0 radical (unpaired) electrons. The van der Waals surface area contributed by atoms with E-state index in [2.05, 4.69) is 0 Å². The monoisotopic (exact) mass is 332 g/mol. The molecule has 0 fully saturated rings. The number of ketones is 1. The molecule has 0 saturated carbocycles.